The molecule has 0 bridgehead atoms. The number of hydrogen-bond acceptors (Lipinski definition) is 4. The molecule has 0 aliphatic heterocycles. The van der Waals surface area contributed by atoms with E-state index in [1.54, 1.807) is 6.07 Å². The van der Waals surface area contributed by atoms with Crippen molar-refractivity contribution in [3.8, 4) is 0 Å². The van der Waals surface area contributed by atoms with Gasteiger partial charge in [0, 0.05) is 31.3 Å². The van der Waals surface area contributed by atoms with Crippen LogP contribution in [0, 0.1) is 0 Å². The van der Waals surface area contributed by atoms with Crippen LogP contribution in [0.1, 0.15) is 25.3 Å². The second kappa shape index (κ2) is 8.59. The van der Waals surface area contributed by atoms with Crippen molar-refractivity contribution in [1.29, 1.82) is 0 Å². The molecule has 0 aliphatic rings. The van der Waals surface area contributed by atoms with Gasteiger partial charge in [0.2, 0.25) is 10.0 Å². The number of benzene rings is 1. The topological polar surface area (TPSA) is 81.4 Å². The van der Waals surface area contributed by atoms with E-state index in [9.17, 15) is 8.42 Å². The monoisotopic (exact) mass is 320 g/mol. The van der Waals surface area contributed by atoms with E-state index in [-0.39, 0.29) is 11.4 Å². The maximum absolute atomic E-state index is 12.0. The van der Waals surface area contributed by atoms with E-state index < -0.39 is 10.0 Å². The highest BCUT2D eigenvalue weighted by molar-refractivity contribution is 7.89. The van der Waals surface area contributed by atoms with Gasteiger partial charge in [-0.25, -0.2) is 13.1 Å². The summed E-state index contributed by atoms with van der Waals surface area (Å²) in [7, 11) is -3.53. The summed E-state index contributed by atoms with van der Waals surface area (Å²) in [6.07, 6.45) is 1.59. The highest BCUT2D eigenvalue weighted by Gasteiger charge is 2.14. The molecule has 0 aromatic heterocycles. The van der Waals surface area contributed by atoms with Crippen molar-refractivity contribution in [3.63, 3.8) is 0 Å². The molecule has 0 unspecified atom stereocenters. The first kappa shape index (κ1) is 17.4. The zero-order chi connectivity index (χ0) is 15.0. The van der Waals surface area contributed by atoms with Gasteiger partial charge in [-0.1, -0.05) is 24.6 Å². The van der Waals surface area contributed by atoms with Gasteiger partial charge in [0.25, 0.3) is 0 Å². The third-order valence-electron chi connectivity index (χ3n) is 2.66. The van der Waals surface area contributed by atoms with Crippen LogP contribution in [0.4, 0.5) is 0 Å². The van der Waals surface area contributed by atoms with E-state index in [4.69, 9.17) is 22.1 Å². The Hall–Kier alpha value is -0.660. The molecule has 3 N–H and O–H groups in total. The Morgan fingerprint density at radius 2 is 2.10 bits per heavy atom. The van der Waals surface area contributed by atoms with Crippen molar-refractivity contribution in [2.24, 2.45) is 5.73 Å². The van der Waals surface area contributed by atoms with Gasteiger partial charge in [0.05, 0.1) is 4.90 Å². The molecular weight excluding hydrogens is 300 g/mol. The van der Waals surface area contributed by atoms with Crippen LogP contribution in [0.2, 0.25) is 5.02 Å². The maximum Gasteiger partial charge on any atom is 0.240 e. The molecule has 114 valence electrons. The van der Waals surface area contributed by atoms with Crippen LogP contribution in [-0.2, 0) is 21.3 Å². The van der Waals surface area contributed by atoms with Crippen LogP contribution in [0.25, 0.3) is 0 Å². The van der Waals surface area contributed by atoms with Gasteiger partial charge >= 0.3 is 0 Å². The molecule has 0 fully saturated rings. The smallest absolute Gasteiger partial charge is 0.240 e. The second-order valence-corrected chi connectivity index (χ2v) is 6.50. The highest BCUT2D eigenvalue weighted by atomic mass is 35.5. The standard InChI is InChI=1S/C13H21ClN2O3S/c1-2-7-19-8-3-6-16-20(17,18)12-5-4-11(10-15)13(14)9-12/h4-5,9,16H,2-3,6-8,10,15H2,1H3. The Labute approximate surface area is 125 Å². The minimum atomic E-state index is -3.53. The van der Waals surface area contributed by atoms with Crippen molar-refractivity contribution >= 4 is 21.6 Å². The molecule has 0 saturated carbocycles. The third-order valence-corrected chi connectivity index (χ3v) is 4.47. The number of ether oxygens (including phenoxy) is 1. The van der Waals surface area contributed by atoms with Crippen LogP contribution in [0.3, 0.4) is 0 Å². The maximum atomic E-state index is 12.0. The lowest BCUT2D eigenvalue weighted by molar-refractivity contribution is 0.133. The Bertz CT molecular complexity index is 520. The van der Waals surface area contributed by atoms with Crippen LogP contribution in [-0.4, -0.2) is 28.2 Å². The lowest BCUT2D eigenvalue weighted by Crippen LogP contribution is -2.25. The third kappa shape index (κ3) is 5.38. The van der Waals surface area contributed by atoms with E-state index in [0.717, 1.165) is 12.0 Å². The fourth-order valence-electron chi connectivity index (χ4n) is 1.57. The van der Waals surface area contributed by atoms with E-state index in [2.05, 4.69) is 4.72 Å². The number of nitrogens with two attached hydrogens (primary N) is 1. The molecule has 0 heterocycles. The zero-order valence-electron chi connectivity index (χ0n) is 11.6. The predicted molar refractivity (Wildman–Crippen MR) is 80.3 cm³/mol. The lowest BCUT2D eigenvalue weighted by Gasteiger charge is -2.09. The van der Waals surface area contributed by atoms with Crippen LogP contribution in [0.5, 0.6) is 0 Å². The van der Waals surface area contributed by atoms with Gasteiger partial charge in [-0.3, -0.25) is 0 Å². The molecule has 0 radical (unpaired) electrons. The Morgan fingerprint density at radius 1 is 1.35 bits per heavy atom. The van der Waals surface area contributed by atoms with Gasteiger partial charge in [-0.2, -0.15) is 0 Å². The van der Waals surface area contributed by atoms with Gasteiger partial charge < -0.3 is 10.5 Å². The number of hydrogen-bond donors (Lipinski definition) is 2. The Balaban J connectivity index is 2.54. The summed E-state index contributed by atoms with van der Waals surface area (Å²) in [4.78, 5) is 0.147. The molecule has 7 heteroatoms. The van der Waals surface area contributed by atoms with Crippen LogP contribution >= 0.6 is 11.6 Å². The first-order valence-electron chi connectivity index (χ1n) is 6.57. The largest absolute Gasteiger partial charge is 0.381 e. The average molecular weight is 321 g/mol. The van der Waals surface area contributed by atoms with Crippen molar-refractivity contribution in [2.45, 2.75) is 31.2 Å². The van der Waals surface area contributed by atoms with Gasteiger partial charge in [-0.15, -0.1) is 0 Å². The van der Waals surface area contributed by atoms with E-state index in [1.807, 2.05) is 6.92 Å². The molecule has 0 spiro atoms. The fourth-order valence-corrected chi connectivity index (χ4v) is 2.99. The molecule has 1 aromatic rings. The number of rotatable bonds is 9. The van der Waals surface area contributed by atoms with Crippen LogP contribution < -0.4 is 10.5 Å². The normalized spacial score (nSPS) is 11.8. The van der Waals surface area contributed by atoms with Crippen molar-refractivity contribution in [3.05, 3.63) is 28.8 Å². The molecule has 0 aliphatic carbocycles. The van der Waals surface area contributed by atoms with Crippen molar-refractivity contribution < 1.29 is 13.2 Å². The molecule has 0 saturated heterocycles. The summed E-state index contributed by atoms with van der Waals surface area (Å²) in [6.45, 7) is 3.88. The van der Waals surface area contributed by atoms with E-state index in [1.165, 1.54) is 12.1 Å². The van der Waals surface area contributed by atoms with E-state index >= 15 is 0 Å². The summed E-state index contributed by atoms with van der Waals surface area (Å²) >= 11 is 5.96. The first-order chi connectivity index (χ1) is 9.51. The second-order valence-electron chi connectivity index (χ2n) is 4.32. The number of nitrogens with one attached hydrogen (secondary N) is 1. The predicted octanol–water partition coefficient (Wildman–Crippen LogP) is 1.89. The Kier molecular flexibility index (Phi) is 7.47. The number of sulfonamides is 1. The molecule has 0 atom stereocenters. The summed E-state index contributed by atoms with van der Waals surface area (Å²) in [5.74, 6) is 0. The fraction of sp³-hybridized carbons (Fsp3) is 0.538. The average Bonchev–Trinajstić information content (AvgIpc) is 2.42. The summed E-state index contributed by atoms with van der Waals surface area (Å²) < 4.78 is 31.9. The highest BCUT2D eigenvalue weighted by Crippen LogP contribution is 2.20. The molecule has 0 amide bonds. The molecule has 1 aromatic carbocycles. The SMILES string of the molecule is CCCOCCCNS(=O)(=O)c1ccc(CN)c(Cl)c1. The molecule has 1 rings (SSSR count). The quantitative estimate of drug-likeness (QED) is 0.681. The lowest BCUT2D eigenvalue weighted by atomic mass is 10.2. The van der Waals surface area contributed by atoms with Crippen molar-refractivity contribution in [1.82, 2.24) is 4.72 Å². The first-order valence-corrected chi connectivity index (χ1v) is 8.43. The van der Waals surface area contributed by atoms with Gasteiger partial charge in [-0.05, 0) is 30.5 Å². The zero-order valence-corrected chi connectivity index (χ0v) is 13.1. The molecule has 20 heavy (non-hydrogen) atoms. The minimum absolute atomic E-state index is 0.147. The number of halogens is 1. The van der Waals surface area contributed by atoms with Crippen molar-refractivity contribution in [2.75, 3.05) is 19.8 Å². The summed E-state index contributed by atoms with van der Waals surface area (Å²) in [5, 5.41) is 0.363. The minimum Gasteiger partial charge on any atom is -0.381 e. The van der Waals surface area contributed by atoms with E-state index in [0.29, 0.717) is 31.2 Å². The molecule has 5 nitrogen and oxygen atoms in total. The summed E-state index contributed by atoms with van der Waals surface area (Å²) in [5.41, 5.74) is 6.21. The Morgan fingerprint density at radius 3 is 2.70 bits per heavy atom. The van der Waals surface area contributed by atoms with Crippen LogP contribution in [0.15, 0.2) is 23.1 Å². The van der Waals surface area contributed by atoms with Gasteiger partial charge in [0.1, 0.15) is 0 Å². The van der Waals surface area contributed by atoms with Gasteiger partial charge in [0.15, 0.2) is 0 Å². The summed E-state index contributed by atoms with van der Waals surface area (Å²) in [6, 6.07) is 4.55. The molecular formula is C13H21ClN2O3S.